The van der Waals surface area contributed by atoms with Crippen LogP contribution in [0.3, 0.4) is 0 Å². The molecule has 0 aromatic rings. The van der Waals surface area contributed by atoms with Crippen molar-refractivity contribution >= 4 is 0 Å². The fraction of sp³-hybridized carbons (Fsp3) is 0.846. The van der Waals surface area contributed by atoms with E-state index in [4.69, 9.17) is 0 Å². The van der Waals surface area contributed by atoms with E-state index in [-0.39, 0.29) is 0 Å². The second kappa shape index (κ2) is 5.55. The van der Waals surface area contributed by atoms with Crippen molar-refractivity contribution in [2.24, 2.45) is 11.8 Å². The fourth-order valence-corrected chi connectivity index (χ4v) is 2.11. The van der Waals surface area contributed by atoms with Crippen LogP contribution in [0.15, 0.2) is 12.2 Å². The molecule has 0 aromatic carbocycles. The van der Waals surface area contributed by atoms with Crippen LogP contribution in [0.25, 0.3) is 0 Å². The number of rotatable bonds is 6. The van der Waals surface area contributed by atoms with Gasteiger partial charge in [-0.25, -0.2) is 0 Å². The number of allylic oxidation sites excluding steroid dienone is 1. The molecule has 1 heteroatoms. The van der Waals surface area contributed by atoms with Crippen LogP contribution in [0.4, 0.5) is 0 Å². The van der Waals surface area contributed by atoms with Gasteiger partial charge in [0.25, 0.3) is 0 Å². The van der Waals surface area contributed by atoms with Crippen molar-refractivity contribution in [1.29, 1.82) is 0 Å². The van der Waals surface area contributed by atoms with E-state index >= 15 is 0 Å². The lowest BCUT2D eigenvalue weighted by Crippen LogP contribution is -2.37. The molecule has 14 heavy (non-hydrogen) atoms. The van der Waals surface area contributed by atoms with E-state index in [2.05, 4.69) is 32.7 Å². The summed E-state index contributed by atoms with van der Waals surface area (Å²) >= 11 is 0. The molecule has 1 aliphatic rings. The predicted molar refractivity (Wildman–Crippen MR) is 63.4 cm³/mol. The van der Waals surface area contributed by atoms with Crippen molar-refractivity contribution in [2.45, 2.75) is 52.5 Å². The average molecular weight is 195 g/mol. The van der Waals surface area contributed by atoms with Crippen LogP contribution >= 0.6 is 0 Å². The minimum absolute atomic E-state index is 0.636. The summed E-state index contributed by atoms with van der Waals surface area (Å²) in [5, 5.41) is 3.54. The molecule has 0 spiro atoms. The topological polar surface area (TPSA) is 12.0 Å². The maximum atomic E-state index is 3.97. The summed E-state index contributed by atoms with van der Waals surface area (Å²) in [5.41, 5.74) is 1.34. The largest absolute Gasteiger partial charge is 0.314 e. The van der Waals surface area contributed by atoms with E-state index in [0.29, 0.717) is 6.04 Å². The summed E-state index contributed by atoms with van der Waals surface area (Å²) in [7, 11) is 0. The zero-order chi connectivity index (χ0) is 10.6. The van der Waals surface area contributed by atoms with Crippen molar-refractivity contribution in [3.05, 3.63) is 12.2 Å². The van der Waals surface area contributed by atoms with Crippen molar-refractivity contribution in [2.75, 3.05) is 6.54 Å². The van der Waals surface area contributed by atoms with Gasteiger partial charge in [0, 0.05) is 6.04 Å². The normalized spacial score (nSPS) is 26.3. The van der Waals surface area contributed by atoms with Gasteiger partial charge in [-0.15, -0.1) is 6.58 Å². The minimum Gasteiger partial charge on any atom is -0.314 e. The Balaban J connectivity index is 2.12. The highest BCUT2D eigenvalue weighted by molar-refractivity contribution is 4.91. The highest BCUT2D eigenvalue weighted by Crippen LogP contribution is 2.37. The van der Waals surface area contributed by atoms with Gasteiger partial charge in [-0.1, -0.05) is 19.4 Å². The Hall–Kier alpha value is -0.300. The van der Waals surface area contributed by atoms with Gasteiger partial charge < -0.3 is 5.32 Å². The Morgan fingerprint density at radius 2 is 2.00 bits per heavy atom. The number of hydrogen-bond acceptors (Lipinski definition) is 1. The number of nitrogens with one attached hydrogen (secondary N) is 1. The van der Waals surface area contributed by atoms with Crippen LogP contribution < -0.4 is 5.32 Å². The van der Waals surface area contributed by atoms with Gasteiger partial charge in [-0.2, -0.15) is 0 Å². The Morgan fingerprint density at radius 3 is 2.43 bits per heavy atom. The molecule has 0 aromatic heterocycles. The molecular weight excluding hydrogens is 170 g/mol. The Kier molecular flexibility index (Phi) is 4.67. The van der Waals surface area contributed by atoms with E-state index < -0.39 is 0 Å². The van der Waals surface area contributed by atoms with Crippen molar-refractivity contribution < 1.29 is 0 Å². The van der Waals surface area contributed by atoms with E-state index in [1.54, 1.807) is 0 Å². The first-order valence-electron chi connectivity index (χ1n) is 5.97. The average Bonchev–Trinajstić information content (AvgIpc) is 2.01. The van der Waals surface area contributed by atoms with Gasteiger partial charge in [-0.05, 0) is 51.0 Å². The summed E-state index contributed by atoms with van der Waals surface area (Å²) in [6, 6.07) is 0.636. The molecule has 2 atom stereocenters. The summed E-state index contributed by atoms with van der Waals surface area (Å²) in [6.45, 7) is 11.8. The van der Waals surface area contributed by atoms with Crippen LogP contribution in [0.5, 0.6) is 0 Å². The molecule has 1 fully saturated rings. The zero-order valence-corrected chi connectivity index (χ0v) is 9.97. The molecule has 0 aliphatic heterocycles. The SMILES string of the molecule is C=C(C)CCC1CCC1CNC(C)C. The van der Waals surface area contributed by atoms with Gasteiger partial charge in [0.05, 0.1) is 0 Å². The van der Waals surface area contributed by atoms with Crippen LogP contribution in [-0.2, 0) is 0 Å². The van der Waals surface area contributed by atoms with Gasteiger partial charge in [0.15, 0.2) is 0 Å². The molecule has 1 aliphatic carbocycles. The first-order valence-corrected chi connectivity index (χ1v) is 5.97. The van der Waals surface area contributed by atoms with Crippen molar-refractivity contribution in [3.8, 4) is 0 Å². The second-order valence-corrected chi connectivity index (χ2v) is 5.16. The minimum atomic E-state index is 0.636. The highest BCUT2D eigenvalue weighted by atomic mass is 14.9. The van der Waals surface area contributed by atoms with Gasteiger partial charge in [0.1, 0.15) is 0 Å². The lowest BCUT2D eigenvalue weighted by atomic mass is 9.71. The molecule has 0 amide bonds. The van der Waals surface area contributed by atoms with E-state index in [0.717, 1.165) is 11.8 Å². The lowest BCUT2D eigenvalue weighted by Gasteiger charge is -2.37. The predicted octanol–water partition coefficient (Wildman–Crippen LogP) is 3.37. The van der Waals surface area contributed by atoms with E-state index in [1.807, 2.05) is 0 Å². The molecule has 0 radical (unpaired) electrons. The summed E-state index contributed by atoms with van der Waals surface area (Å²) < 4.78 is 0. The first kappa shape index (κ1) is 11.8. The third kappa shape index (κ3) is 3.83. The standard InChI is InChI=1S/C13H25N/c1-10(2)5-6-12-7-8-13(12)9-14-11(3)4/h11-14H,1,5-9H2,2-4H3. The Bertz CT molecular complexity index is 184. The van der Waals surface area contributed by atoms with Crippen LogP contribution in [-0.4, -0.2) is 12.6 Å². The Morgan fingerprint density at radius 1 is 1.36 bits per heavy atom. The van der Waals surface area contributed by atoms with Crippen molar-refractivity contribution in [3.63, 3.8) is 0 Å². The highest BCUT2D eigenvalue weighted by Gasteiger charge is 2.29. The quantitative estimate of drug-likeness (QED) is 0.641. The van der Waals surface area contributed by atoms with Gasteiger partial charge in [-0.3, -0.25) is 0 Å². The molecule has 1 rings (SSSR count). The second-order valence-electron chi connectivity index (χ2n) is 5.16. The number of hydrogen-bond donors (Lipinski definition) is 1. The molecule has 1 saturated carbocycles. The zero-order valence-electron chi connectivity index (χ0n) is 9.97. The summed E-state index contributed by atoms with van der Waals surface area (Å²) in [4.78, 5) is 0. The van der Waals surface area contributed by atoms with Gasteiger partial charge >= 0.3 is 0 Å². The van der Waals surface area contributed by atoms with E-state index in [1.165, 1.54) is 37.8 Å². The smallest absolute Gasteiger partial charge is 0.00104 e. The third-order valence-corrected chi connectivity index (χ3v) is 3.31. The maximum Gasteiger partial charge on any atom is 0.00104 e. The fourth-order valence-electron chi connectivity index (χ4n) is 2.11. The van der Waals surface area contributed by atoms with Crippen molar-refractivity contribution in [1.82, 2.24) is 5.32 Å². The molecule has 0 heterocycles. The molecular formula is C13H25N. The molecule has 82 valence electrons. The van der Waals surface area contributed by atoms with Crippen LogP contribution in [0.2, 0.25) is 0 Å². The molecule has 1 N–H and O–H groups in total. The first-order chi connectivity index (χ1) is 6.59. The molecule has 2 unspecified atom stereocenters. The maximum absolute atomic E-state index is 3.97. The third-order valence-electron chi connectivity index (χ3n) is 3.31. The monoisotopic (exact) mass is 195 g/mol. The van der Waals surface area contributed by atoms with Crippen LogP contribution in [0.1, 0.15) is 46.5 Å². The molecule has 0 saturated heterocycles. The summed E-state index contributed by atoms with van der Waals surface area (Å²) in [6.07, 6.45) is 5.46. The summed E-state index contributed by atoms with van der Waals surface area (Å²) in [5.74, 6) is 1.91. The van der Waals surface area contributed by atoms with Crippen LogP contribution in [0, 0.1) is 11.8 Å². The molecule has 0 bridgehead atoms. The Labute approximate surface area is 89.0 Å². The molecule has 1 nitrogen and oxygen atoms in total. The lowest BCUT2D eigenvalue weighted by molar-refractivity contribution is 0.158. The van der Waals surface area contributed by atoms with Gasteiger partial charge in [0.2, 0.25) is 0 Å². The van der Waals surface area contributed by atoms with E-state index in [9.17, 15) is 0 Å².